The van der Waals surface area contributed by atoms with Crippen LogP contribution in [0.15, 0.2) is 29.2 Å². The second-order valence-electron chi connectivity index (χ2n) is 3.69. The third-order valence-corrected chi connectivity index (χ3v) is 2.29. The smallest absolute Gasteiger partial charge is 0.267 e. The van der Waals surface area contributed by atoms with Crippen molar-refractivity contribution in [1.29, 1.82) is 0 Å². The number of benzene rings is 1. The summed E-state index contributed by atoms with van der Waals surface area (Å²) in [5, 5.41) is 4.58. The van der Waals surface area contributed by atoms with Crippen molar-refractivity contribution in [3.05, 3.63) is 40.6 Å². The van der Waals surface area contributed by atoms with Crippen molar-refractivity contribution in [3.63, 3.8) is 0 Å². The van der Waals surface area contributed by atoms with Gasteiger partial charge in [-0.05, 0) is 26.0 Å². The van der Waals surface area contributed by atoms with E-state index in [9.17, 15) is 9.18 Å². The van der Waals surface area contributed by atoms with Gasteiger partial charge in [0.1, 0.15) is 5.82 Å². The second kappa shape index (κ2) is 3.46. The van der Waals surface area contributed by atoms with Crippen molar-refractivity contribution in [2.45, 2.75) is 19.9 Å². The zero-order valence-corrected chi connectivity index (χ0v) is 8.57. The fraction of sp³-hybridized carbons (Fsp3) is 0.273. The largest absolute Gasteiger partial charge is 0.274 e. The molecule has 2 rings (SSSR count). The molecule has 3 nitrogen and oxygen atoms in total. The highest BCUT2D eigenvalue weighted by atomic mass is 19.1. The monoisotopic (exact) mass is 206 g/mol. The zero-order chi connectivity index (χ0) is 11.0. The first-order valence-electron chi connectivity index (χ1n) is 4.77. The molecular weight excluding hydrogens is 195 g/mol. The lowest BCUT2D eigenvalue weighted by molar-refractivity contribution is 0.506. The first-order valence-corrected chi connectivity index (χ1v) is 4.77. The molecule has 1 heterocycles. The van der Waals surface area contributed by atoms with Gasteiger partial charge in [0.2, 0.25) is 0 Å². The Kier molecular flexibility index (Phi) is 2.26. The van der Waals surface area contributed by atoms with E-state index in [-0.39, 0.29) is 17.0 Å². The van der Waals surface area contributed by atoms with Gasteiger partial charge < -0.3 is 0 Å². The minimum absolute atomic E-state index is 0.0230. The van der Waals surface area contributed by atoms with E-state index in [1.54, 1.807) is 6.07 Å². The summed E-state index contributed by atoms with van der Waals surface area (Å²) in [4.78, 5) is 11.9. The van der Waals surface area contributed by atoms with E-state index in [1.807, 2.05) is 13.8 Å². The number of fused-ring (bicyclic) bond motifs is 1. The van der Waals surface area contributed by atoms with E-state index < -0.39 is 5.82 Å². The Morgan fingerprint density at radius 1 is 1.33 bits per heavy atom. The quantitative estimate of drug-likeness (QED) is 0.716. The van der Waals surface area contributed by atoms with E-state index in [2.05, 4.69) is 5.10 Å². The molecule has 0 bridgehead atoms. The summed E-state index contributed by atoms with van der Waals surface area (Å²) in [5.74, 6) is -0.409. The normalized spacial score (nSPS) is 11.2. The topological polar surface area (TPSA) is 34.9 Å². The molecule has 0 unspecified atom stereocenters. The Balaban J connectivity index is 2.86. The van der Waals surface area contributed by atoms with Crippen molar-refractivity contribution in [2.24, 2.45) is 0 Å². The minimum Gasteiger partial charge on any atom is -0.267 e. The van der Waals surface area contributed by atoms with E-state index in [4.69, 9.17) is 0 Å². The lowest BCUT2D eigenvalue weighted by Crippen LogP contribution is -2.24. The molecule has 0 aliphatic rings. The van der Waals surface area contributed by atoms with Crippen LogP contribution in [-0.4, -0.2) is 9.78 Å². The number of aromatic nitrogens is 2. The molecule has 2 aromatic rings. The van der Waals surface area contributed by atoms with Gasteiger partial charge in [0.15, 0.2) is 0 Å². The number of rotatable bonds is 1. The molecule has 0 saturated heterocycles. The molecule has 1 aromatic carbocycles. The Hall–Kier alpha value is -1.71. The standard InChI is InChI=1S/C11H11FN2O/c1-7(2)14-11(15)8-4-3-5-10(12)9(8)6-13-14/h3-7H,1-2H3. The molecule has 0 radical (unpaired) electrons. The molecule has 15 heavy (non-hydrogen) atoms. The first-order chi connectivity index (χ1) is 7.11. The third-order valence-electron chi connectivity index (χ3n) is 2.29. The fourth-order valence-electron chi connectivity index (χ4n) is 1.52. The van der Waals surface area contributed by atoms with Crippen molar-refractivity contribution < 1.29 is 4.39 Å². The van der Waals surface area contributed by atoms with Crippen LogP contribution in [0.2, 0.25) is 0 Å². The van der Waals surface area contributed by atoms with E-state index >= 15 is 0 Å². The highest BCUT2D eigenvalue weighted by molar-refractivity contribution is 5.81. The molecule has 78 valence electrons. The van der Waals surface area contributed by atoms with Crippen LogP contribution in [0.1, 0.15) is 19.9 Å². The SMILES string of the molecule is CC(C)n1ncc2c(F)cccc2c1=O. The summed E-state index contributed by atoms with van der Waals surface area (Å²) in [6.45, 7) is 3.72. The lowest BCUT2D eigenvalue weighted by Gasteiger charge is -2.08. The maximum atomic E-state index is 13.3. The minimum atomic E-state index is -0.409. The van der Waals surface area contributed by atoms with E-state index in [0.29, 0.717) is 5.39 Å². The molecular formula is C11H11FN2O. The van der Waals surface area contributed by atoms with Gasteiger partial charge in [-0.2, -0.15) is 5.10 Å². The highest BCUT2D eigenvalue weighted by Crippen LogP contribution is 2.13. The van der Waals surface area contributed by atoms with E-state index in [1.165, 1.54) is 23.0 Å². The Morgan fingerprint density at radius 2 is 2.07 bits per heavy atom. The first kappa shape index (κ1) is 9.83. The summed E-state index contributed by atoms with van der Waals surface area (Å²) >= 11 is 0. The average Bonchev–Trinajstić information content (AvgIpc) is 2.19. The Bertz CT molecular complexity index is 560. The van der Waals surface area contributed by atoms with Gasteiger partial charge in [0.25, 0.3) is 5.56 Å². The third kappa shape index (κ3) is 1.52. The summed E-state index contributed by atoms with van der Waals surface area (Å²) in [5.41, 5.74) is -0.248. The second-order valence-corrected chi connectivity index (χ2v) is 3.69. The summed E-state index contributed by atoms with van der Waals surface area (Å²) < 4.78 is 14.7. The summed E-state index contributed by atoms with van der Waals surface area (Å²) in [6.07, 6.45) is 1.39. The average molecular weight is 206 g/mol. The van der Waals surface area contributed by atoms with Gasteiger partial charge in [-0.3, -0.25) is 4.79 Å². The number of hydrogen-bond donors (Lipinski definition) is 0. The van der Waals surface area contributed by atoms with Crippen molar-refractivity contribution in [2.75, 3.05) is 0 Å². The molecule has 0 aliphatic carbocycles. The van der Waals surface area contributed by atoms with Crippen LogP contribution in [0.3, 0.4) is 0 Å². The van der Waals surface area contributed by atoms with Crippen molar-refractivity contribution in [1.82, 2.24) is 9.78 Å². The maximum absolute atomic E-state index is 13.3. The predicted octanol–water partition coefficient (Wildman–Crippen LogP) is 2.12. The predicted molar refractivity (Wildman–Crippen MR) is 56.3 cm³/mol. The molecule has 0 amide bonds. The van der Waals surface area contributed by atoms with Gasteiger partial charge in [0, 0.05) is 5.39 Å². The molecule has 4 heteroatoms. The number of nitrogens with zero attached hydrogens (tertiary/aromatic N) is 2. The van der Waals surface area contributed by atoms with Gasteiger partial charge in [-0.15, -0.1) is 0 Å². The van der Waals surface area contributed by atoms with E-state index in [0.717, 1.165) is 0 Å². The Morgan fingerprint density at radius 3 is 2.73 bits per heavy atom. The van der Waals surface area contributed by atoms with Crippen LogP contribution in [0.25, 0.3) is 10.8 Å². The molecule has 0 atom stereocenters. The Labute approximate surface area is 86.2 Å². The molecule has 0 fully saturated rings. The van der Waals surface area contributed by atoms with Crippen LogP contribution in [0, 0.1) is 5.82 Å². The number of halogens is 1. The highest BCUT2D eigenvalue weighted by Gasteiger charge is 2.08. The van der Waals surface area contributed by atoms with Crippen LogP contribution in [-0.2, 0) is 0 Å². The summed E-state index contributed by atoms with van der Waals surface area (Å²) in [6, 6.07) is 4.44. The maximum Gasteiger partial charge on any atom is 0.274 e. The lowest BCUT2D eigenvalue weighted by atomic mass is 10.2. The molecule has 0 N–H and O–H groups in total. The van der Waals surface area contributed by atoms with Gasteiger partial charge in [-0.25, -0.2) is 9.07 Å². The van der Waals surface area contributed by atoms with Crippen molar-refractivity contribution in [3.8, 4) is 0 Å². The zero-order valence-electron chi connectivity index (χ0n) is 8.57. The molecule has 0 spiro atoms. The van der Waals surface area contributed by atoms with Gasteiger partial charge in [-0.1, -0.05) is 6.07 Å². The van der Waals surface area contributed by atoms with Crippen molar-refractivity contribution >= 4 is 10.8 Å². The van der Waals surface area contributed by atoms with Gasteiger partial charge >= 0.3 is 0 Å². The molecule has 1 aromatic heterocycles. The van der Waals surface area contributed by atoms with Crippen LogP contribution < -0.4 is 5.56 Å². The van der Waals surface area contributed by atoms with Crippen LogP contribution in [0.4, 0.5) is 4.39 Å². The van der Waals surface area contributed by atoms with Crippen LogP contribution >= 0.6 is 0 Å². The van der Waals surface area contributed by atoms with Gasteiger partial charge in [0.05, 0.1) is 17.6 Å². The van der Waals surface area contributed by atoms with Crippen LogP contribution in [0.5, 0.6) is 0 Å². The summed E-state index contributed by atoms with van der Waals surface area (Å²) in [7, 11) is 0. The number of hydrogen-bond acceptors (Lipinski definition) is 2. The molecule has 0 saturated carbocycles. The molecule has 0 aliphatic heterocycles. The fourth-order valence-corrected chi connectivity index (χ4v) is 1.52.